The summed E-state index contributed by atoms with van der Waals surface area (Å²) in [7, 11) is 0. The minimum absolute atomic E-state index is 0.0569. The van der Waals surface area contributed by atoms with E-state index in [1.54, 1.807) is 6.20 Å². The van der Waals surface area contributed by atoms with Crippen molar-refractivity contribution in [2.75, 3.05) is 0 Å². The number of hydrogen-bond acceptors (Lipinski definition) is 3. The van der Waals surface area contributed by atoms with Crippen molar-refractivity contribution in [1.82, 2.24) is 14.6 Å². The molecule has 2 aromatic heterocycles. The molecule has 3 aromatic rings. The summed E-state index contributed by atoms with van der Waals surface area (Å²) in [6.45, 7) is 6.22. The zero-order chi connectivity index (χ0) is 17.1. The zero-order valence-electron chi connectivity index (χ0n) is 13.9. The van der Waals surface area contributed by atoms with E-state index in [0.717, 1.165) is 34.6 Å². The molecule has 5 heteroatoms. The largest absolute Gasteiger partial charge is 0.294 e. The van der Waals surface area contributed by atoms with E-state index in [1.165, 1.54) is 0 Å². The van der Waals surface area contributed by atoms with E-state index in [4.69, 9.17) is 16.7 Å². The number of halogens is 1. The summed E-state index contributed by atoms with van der Waals surface area (Å²) in [6, 6.07) is 7.68. The third kappa shape index (κ3) is 2.33. The number of carbonyl (C=O) groups excluding carboxylic acids is 1. The average molecular weight is 340 g/mol. The highest BCUT2D eigenvalue weighted by Gasteiger charge is 2.33. The van der Waals surface area contributed by atoms with E-state index in [1.807, 2.05) is 35.7 Å². The van der Waals surface area contributed by atoms with E-state index in [9.17, 15) is 4.79 Å². The first-order chi connectivity index (χ1) is 11.4. The Morgan fingerprint density at radius 2 is 1.88 bits per heavy atom. The lowest BCUT2D eigenvalue weighted by molar-refractivity contribution is 0.0908. The summed E-state index contributed by atoms with van der Waals surface area (Å²) in [4.78, 5) is 17.0. The number of benzene rings is 1. The van der Waals surface area contributed by atoms with Crippen LogP contribution in [0.3, 0.4) is 0 Å². The van der Waals surface area contributed by atoms with Crippen molar-refractivity contribution >= 4 is 23.0 Å². The number of rotatable bonds is 1. The molecular formula is C19H18ClN3O. The first-order valence-corrected chi connectivity index (χ1v) is 8.40. The van der Waals surface area contributed by atoms with Crippen LogP contribution in [0.2, 0.25) is 5.02 Å². The Hall–Kier alpha value is -2.20. The molecule has 1 aliphatic rings. The molecule has 24 heavy (non-hydrogen) atoms. The van der Waals surface area contributed by atoms with Crippen molar-refractivity contribution in [2.24, 2.45) is 5.41 Å². The number of aromatic nitrogens is 3. The lowest BCUT2D eigenvalue weighted by Gasteiger charge is -2.29. The summed E-state index contributed by atoms with van der Waals surface area (Å²) < 4.78 is 1.85. The molecule has 122 valence electrons. The van der Waals surface area contributed by atoms with Gasteiger partial charge in [0.1, 0.15) is 0 Å². The van der Waals surface area contributed by atoms with Crippen molar-refractivity contribution in [3.63, 3.8) is 0 Å². The smallest absolute Gasteiger partial charge is 0.166 e. The summed E-state index contributed by atoms with van der Waals surface area (Å²) in [5, 5.41) is 5.39. The Morgan fingerprint density at radius 3 is 2.58 bits per heavy atom. The van der Waals surface area contributed by atoms with Crippen molar-refractivity contribution in [3.05, 3.63) is 52.4 Å². The van der Waals surface area contributed by atoms with Gasteiger partial charge >= 0.3 is 0 Å². The first-order valence-electron chi connectivity index (χ1n) is 8.02. The van der Waals surface area contributed by atoms with Crippen molar-refractivity contribution < 1.29 is 4.79 Å². The molecule has 0 N–H and O–H groups in total. The number of hydrogen-bond donors (Lipinski definition) is 0. The molecule has 4 nitrogen and oxygen atoms in total. The standard InChI is InChI=1S/C19H18ClN3O/c1-11-17(12-4-6-13(20)7-5-12)18-21-10-14-15(23(18)22-11)8-19(2,3)9-16(14)24/h4-7,10H,8-9H2,1-3H3. The van der Waals surface area contributed by atoms with Gasteiger partial charge in [-0.2, -0.15) is 5.10 Å². The molecule has 1 aliphatic carbocycles. The van der Waals surface area contributed by atoms with Crippen LogP contribution in [0.4, 0.5) is 0 Å². The second-order valence-electron chi connectivity index (χ2n) is 7.26. The number of fused-ring (bicyclic) bond motifs is 3. The fraction of sp³-hybridized carbons (Fsp3) is 0.316. The highest BCUT2D eigenvalue weighted by Crippen LogP contribution is 2.36. The van der Waals surface area contributed by atoms with Crippen molar-refractivity contribution in [1.29, 1.82) is 0 Å². The van der Waals surface area contributed by atoms with Crippen LogP contribution in [0.25, 0.3) is 16.8 Å². The molecular weight excluding hydrogens is 322 g/mol. The van der Waals surface area contributed by atoms with Crippen LogP contribution in [-0.4, -0.2) is 20.4 Å². The Labute approximate surface area is 145 Å². The minimum Gasteiger partial charge on any atom is -0.294 e. The van der Waals surface area contributed by atoms with Crippen molar-refractivity contribution in [3.8, 4) is 11.1 Å². The van der Waals surface area contributed by atoms with Gasteiger partial charge in [0.2, 0.25) is 0 Å². The van der Waals surface area contributed by atoms with Gasteiger partial charge in [-0.3, -0.25) is 4.79 Å². The average Bonchev–Trinajstić information content (AvgIpc) is 2.84. The molecule has 0 aliphatic heterocycles. The molecule has 0 spiro atoms. The van der Waals surface area contributed by atoms with E-state index in [2.05, 4.69) is 18.8 Å². The molecule has 1 aromatic carbocycles. The quantitative estimate of drug-likeness (QED) is 0.655. The van der Waals surface area contributed by atoms with E-state index >= 15 is 0 Å². The van der Waals surface area contributed by atoms with Crippen LogP contribution in [0.1, 0.15) is 42.0 Å². The highest BCUT2D eigenvalue weighted by molar-refractivity contribution is 6.30. The first kappa shape index (κ1) is 15.3. The molecule has 2 heterocycles. The van der Waals surface area contributed by atoms with Gasteiger partial charge in [0, 0.05) is 23.2 Å². The maximum absolute atomic E-state index is 12.4. The third-order valence-electron chi connectivity index (χ3n) is 4.64. The second-order valence-corrected chi connectivity index (χ2v) is 7.70. The third-order valence-corrected chi connectivity index (χ3v) is 4.89. The van der Waals surface area contributed by atoms with E-state index in [0.29, 0.717) is 17.0 Å². The van der Waals surface area contributed by atoms with Crippen LogP contribution in [0, 0.1) is 12.3 Å². The molecule has 0 unspecified atom stereocenters. The summed E-state index contributed by atoms with van der Waals surface area (Å²) >= 11 is 6.00. The maximum atomic E-state index is 12.4. The van der Waals surface area contributed by atoms with Gasteiger partial charge in [0.05, 0.1) is 17.0 Å². The summed E-state index contributed by atoms with van der Waals surface area (Å²) in [5.41, 5.74) is 5.31. The molecule has 0 fully saturated rings. The SMILES string of the molecule is Cc1nn2c3c(cnc2c1-c1ccc(Cl)cc1)C(=O)CC(C)(C)C3. The normalized spacial score (nSPS) is 16.4. The predicted octanol–water partition coefficient (Wildman–Crippen LogP) is 4.51. The molecule has 0 saturated heterocycles. The maximum Gasteiger partial charge on any atom is 0.166 e. The van der Waals surface area contributed by atoms with Crippen molar-refractivity contribution in [2.45, 2.75) is 33.6 Å². The highest BCUT2D eigenvalue weighted by atomic mass is 35.5. The zero-order valence-corrected chi connectivity index (χ0v) is 14.7. The summed E-state index contributed by atoms with van der Waals surface area (Å²) in [6.07, 6.45) is 3.08. The lowest BCUT2D eigenvalue weighted by atomic mass is 9.76. The molecule has 4 rings (SSSR count). The van der Waals surface area contributed by atoms with Gasteiger partial charge in [-0.05, 0) is 36.5 Å². The number of aryl methyl sites for hydroxylation is 1. The van der Waals surface area contributed by atoms with Gasteiger partial charge in [-0.25, -0.2) is 9.50 Å². The van der Waals surface area contributed by atoms with Crippen LogP contribution < -0.4 is 0 Å². The Kier molecular flexibility index (Phi) is 3.29. The lowest BCUT2D eigenvalue weighted by Crippen LogP contribution is -2.29. The van der Waals surface area contributed by atoms with Crippen LogP contribution in [0.5, 0.6) is 0 Å². The molecule has 0 radical (unpaired) electrons. The van der Waals surface area contributed by atoms with E-state index in [-0.39, 0.29) is 11.2 Å². The second kappa shape index (κ2) is 5.15. The molecule has 0 amide bonds. The Morgan fingerprint density at radius 1 is 1.17 bits per heavy atom. The van der Waals surface area contributed by atoms with Gasteiger partial charge in [-0.1, -0.05) is 37.6 Å². The Balaban J connectivity index is 1.98. The monoisotopic (exact) mass is 339 g/mol. The molecule has 0 bridgehead atoms. The van der Waals surface area contributed by atoms with Crippen LogP contribution in [-0.2, 0) is 6.42 Å². The van der Waals surface area contributed by atoms with Crippen LogP contribution >= 0.6 is 11.6 Å². The Bertz CT molecular complexity index is 970. The van der Waals surface area contributed by atoms with E-state index < -0.39 is 0 Å². The fourth-order valence-electron chi connectivity index (χ4n) is 3.54. The molecule has 0 atom stereocenters. The number of carbonyl (C=O) groups is 1. The van der Waals surface area contributed by atoms with Gasteiger partial charge in [-0.15, -0.1) is 0 Å². The van der Waals surface area contributed by atoms with Gasteiger partial charge in [0.25, 0.3) is 0 Å². The van der Waals surface area contributed by atoms with Crippen LogP contribution in [0.15, 0.2) is 30.5 Å². The number of nitrogens with zero attached hydrogens (tertiary/aromatic N) is 3. The van der Waals surface area contributed by atoms with Gasteiger partial charge in [0.15, 0.2) is 11.4 Å². The summed E-state index contributed by atoms with van der Waals surface area (Å²) in [5.74, 6) is 0.150. The predicted molar refractivity (Wildman–Crippen MR) is 94.6 cm³/mol. The fourth-order valence-corrected chi connectivity index (χ4v) is 3.67. The minimum atomic E-state index is -0.0569. The number of Topliss-reactive ketones (excluding diaryl/α,β-unsaturated/α-hetero) is 1. The van der Waals surface area contributed by atoms with Gasteiger partial charge < -0.3 is 0 Å². The molecule has 0 saturated carbocycles. The number of ketones is 1. The topological polar surface area (TPSA) is 47.3 Å².